The highest BCUT2D eigenvalue weighted by Crippen LogP contribution is 2.34. The molecule has 4 aromatic heterocycles. The summed E-state index contributed by atoms with van der Waals surface area (Å²) in [6.07, 6.45) is 4.94. The number of fused-ring (bicyclic) bond motifs is 2. The van der Waals surface area contributed by atoms with E-state index in [0.29, 0.717) is 27.9 Å². The first kappa shape index (κ1) is 13.4. The number of nitrogens with zero attached hydrogens (tertiary/aromatic N) is 3. The fourth-order valence-corrected chi connectivity index (χ4v) is 2.69. The second-order valence-corrected chi connectivity index (χ2v) is 5.21. The molecule has 0 radical (unpaired) electrons. The molecule has 0 fully saturated rings. The first-order valence-corrected chi connectivity index (χ1v) is 6.87. The number of hydrogen-bond acceptors (Lipinski definition) is 4. The predicted molar refractivity (Wildman–Crippen MR) is 81.4 cm³/mol. The van der Waals surface area contributed by atoms with Crippen molar-refractivity contribution in [3.05, 3.63) is 54.1 Å². The molecule has 0 saturated carbocycles. The van der Waals surface area contributed by atoms with Gasteiger partial charge in [-0.1, -0.05) is 0 Å². The van der Waals surface area contributed by atoms with Gasteiger partial charge in [0.25, 0.3) is 5.91 Å². The zero-order chi connectivity index (χ0) is 16.1. The van der Waals surface area contributed by atoms with Gasteiger partial charge in [-0.15, -0.1) is 0 Å². The molecule has 4 rings (SSSR count). The lowest BCUT2D eigenvalue weighted by molar-refractivity contribution is 0.0977. The van der Waals surface area contributed by atoms with Crippen LogP contribution in [0, 0.1) is 12.7 Å². The summed E-state index contributed by atoms with van der Waals surface area (Å²) < 4.78 is 21.4. The Morgan fingerprint density at radius 1 is 1.39 bits per heavy atom. The van der Waals surface area contributed by atoms with Crippen LogP contribution in [0.3, 0.4) is 0 Å². The SMILES string of the molecule is Cc1cn2cc(-c3c(C(N)=O)oc4cccnc34)cc(F)c2n1. The minimum absolute atomic E-state index is 0.0470. The van der Waals surface area contributed by atoms with Crippen molar-refractivity contribution < 1.29 is 13.6 Å². The first-order valence-electron chi connectivity index (χ1n) is 6.87. The highest BCUT2D eigenvalue weighted by Gasteiger charge is 2.22. The maximum Gasteiger partial charge on any atom is 0.285 e. The highest BCUT2D eigenvalue weighted by molar-refractivity contribution is 6.06. The van der Waals surface area contributed by atoms with Crippen molar-refractivity contribution in [3.8, 4) is 11.1 Å². The van der Waals surface area contributed by atoms with Gasteiger partial charge in [-0.3, -0.25) is 9.78 Å². The number of imidazole rings is 1. The van der Waals surface area contributed by atoms with E-state index in [1.807, 2.05) is 0 Å². The number of amides is 1. The number of rotatable bonds is 2. The smallest absolute Gasteiger partial charge is 0.285 e. The monoisotopic (exact) mass is 310 g/mol. The normalized spacial score (nSPS) is 11.4. The Kier molecular flexibility index (Phi) is 2.71. The van der Waals surface area contributed by atoms with Crippen LogP contribution in [0.4, 0.5) is 4.39 Å². The van der Waals surface area contributed by atoms with Gasteiger partial charge in [-0.25, -0.2) is 9.37 Å². The van der Waals surface area contributed by atoms with Crippen LogP contribution in [-0.4, -0.2) is 20.3 Å². The Bertz CT molecular complexity index is 1080. The largest absolute Gasteiger partial charge is 0.449 e. The average Bonchev–Trinajstić information content (AvgIpc) is 3.07. The molecular formula is C16H11FN4O2. The Hall–Kier alpha value is -3.22. The molecule has 4 heterocycles. The molecule has 4 aromatic rings. The molecule has 7 heteroatoms. The Morgan fingerprint density at radius 2 is 2.22 bits per heavy atom. The van der Waals surface area contributed by atoms with Crippen LogP contribution < -0.4 is 5.73 Å². The van der Waals surface area contributed by atoms with Crippen LogP contribution in [0.25, 0.3) is 27.9 Å². The minimum Gasteiger partial charge on any atom is -0.449 e. The van der Waals surface area contributed by atoms with Crippen LogP contribution in [-0.2, 0) is 0 Å². The van der Waals surface area contributed by atoms with E-state index in [2.05, 4.69) is 9.97 Å². The number of primary amides is 1. The standard InChI is InChI=1S/C16H11FN4O2/c1-8-6-21-7-9(5-10(17)16(21)20-8)12-13-11(3-2-4-19-13)23-14(12)15(18)22/h2-7H,1H3,(H2,18,22). The molecule has 6 nitrogen and oxygen atoms in total. The van der Waals surface area contributed by atoms with Crippen molar-refractivity contribution in [1.82, 2.24) is 14.4 Å². The molecule has 0 aliphatic rings. The number of pyridine rings is 2. The molecule has 0 atom stereocenters. The second kappa shape index (κ2) is 4.64. The van der Waals surface area contributed by atoms with Crippen molar-refractivity contribution in [1.29, 1.82) is 0 Å². The summed E-state index contributed by atoms with van der Waals surface area (Å²) in [5.74, 6) is -1.29. The topological polar surface area (TPSA) is 86.4 Å². The molecule has 2 N–H and O–H groups in total. The number of carbonyl (C=O) groups excluding carboxylic acids is 1. The number of nitrogens with two attached hydrogens (primary N) is 1. The third-order valence-electron chi connectivity index (χ3n) is 3.59. The van der Waals surface area contributed by atoms with Gasteiger partial charge < -0.3 is 14.6 Å². The van der Waals surface area contributed by atoms with Crippen LogP contribution in [0.15, 0.2) is 41.2 Å². The van der Waals surface area contributed by atoms with Crippen molar-refractivity contribution >= 4 is 22.7 Å². The molecule has 0 aromatic carbocycles. The third kappa shape index (κ3) is 1.97. The van der Waals surface area contributed by atoms with Gasteiger partial charge in [0.15, 0.2) is 17.0 Å². The molecule has 114 valence electrons. The zero-order valence-corrected chi connectivity index (χ0v) is 12.1. The van der Waals surface area contributed by atoms with E-state index >= 15 is 0 Å². The van der Waals surface area contributed by atoms with Gasteiger partial charge in [-0.2, -0.15) is 0 Å². The molecule has 0 aliphatic carbocycles. The lowest BCUT2D eigenvalue weighted by atomic mass is 10.1. The van der Waals surface area contributed by atoms with Crippen molar-refractivity contribution in [2.24, 2.45) is 5.73 Å². The summed E-state index contributed by atoms with van der Waals surface area (Å²) in [7, 11) is 0. The van der Waals surface area contributed by atoms with Crippen molar-refractivity contribution in [2.45, 2.75) is 6.92 Å². The minimum atomic E-state index is -0.736. The summed E-state index contributed by atoms with van der Waals surface area (Å²) >= 11 is 0. The van der Waals surface area contributed by atoms with E-state index in [0.717, 1.165) is 0 Å². The van der Waals surface area contributed by atoms with Crippen LogP contribution in [0.1, 0.15) is 16.2 Å². The van der Waals surface area contributed by atoms with E-state index in [9.17, 15) is 9.18 Å². The Balaban J connectivity index is 2.09. The molecule has 0 spiro atoms. The maximum absolute atomic E-state index is 14.3. The zero-order valence-electron chi connectivity index (χ0n) is 12.1. The molecule has 0 bridgehead atoms. The molecule has 23 heavy (non-hydrogen) atoms. The molecule has 0 aliphatic heterocycles. The number of carbonyl (C=O) groups is 1. The first-order chi connectivity index (χ1) is 11.0. The molecule has 1 amide bonds. The summed E-state index contributed by atoms with van der Waals surface area (Å²) in [5, 5.41) is 0. The van der Waals surface area contributed by atoms with Crippen molar-refractivity contribution in [2.75, 3.05) is 0 Å². The fourth-order valence-electron chi connectivity index (χ4n) is 2.69. The number of halogens is 1. The Morgan fingerprint density at radius 3 is 3.00 bits per heavy atom. The van der Waals surface area contributed by atoms with Gasteiger partial charge in [0.2, 0.25) is 5.76 Å². The quantitative estimate of drug-likeness (QED) is 0.616. The van der Waals surface area contributed by atoms with E-state index in [1.165, 1.54) is 6.07 Å². The summed E-state index contributed by atoms with van der Waals surface area (Å²) in [4.78, 5) is 20.0. The average molecular weight is 310 g/mol. The highest BCUT2D eigenvalue weighted by atomic mass is 19.1. The summed E-state index contributed by atoms with van der Waals surface area (Å²) in [6, 6.07) is 4.66. The number of aromatic nitrogens is 3. The fraction of sp³-hybridized carbons (Fsp3) is 0.0625. The predicted octanol–water partition coefficient (Wildman–Crippen LogP) is 2.69. The molecule has 0 saturated heterocycles. The summed E-state index contributed by atoms with van der Waals surface area (Å²) in [6.45, 7) is 1.77. The van der Waals surface area contributed by atoms with Gasteiger partial charge in [-0.05, 0) is 25.1 Å². The van der Waals surface area contributed by atoms with Crippen LogP contribution in [0.2, 0.25) is 0 Å². The third-order valence-corrected chi connectivity index (χ3v) is 3.59. The molecular weight excluding hydrogens is 299 g/mol. The van der Waals surface area contributed by atoms with Crippen LogP contribution in [0.5, 0.6) is 0 Å². The number of aryl methyl sites for hydroxylation is 1. The lowest BCUT2D eigenvalue weighted by Gasteiger charge is -2.03. The van der Waals surface area contributed by atoms with Crippen LogP contribution >= 0.6 is 0 Å². The summed E-state index contributed by atoms with van der Waals surface area (Å²) in [5.41, 5.74) is 7.99. The van der Waals surface area contributed by atoms with E-state index in [4.69, 9.17) is 10.2 Å². The van der Waals surface area contributed by atoms with E-state index in [1.54, 1.807) is 42.0 Å². The van der Waals surface area contributed by atoms with Gasteiger partial charge in [0.05, 0.1) is 11.3 Å². The number of hydrogen-bond donors (Lipinski definition) is 1. The Labute approximate surface area is 129 Å². The second-order valence-electron chi connectivity index (χ2n) is 5.21. The number of furan rings is 1. The maximum atomic E-state index is 14.3. The van der Waals surface area contributed by atoms with Gasteiger partial charge >= 0.3 is 0 Å². The lowest BCUT2D eigenvalue weighted by Crippen LogP contribution is -2.11. The molecule has 0 unspecified atom stereocenters. The van der Waals surface area contributed by atoms with Gasteiger partial charge in [0, 0.05) is 24.2 Å². The van der Waals surface area contributed by atoms with Gasteiger partial charge in [0.1, 0.15) is 5.52 Å². The van der Waals surface area contributed by atoms with E-state index < -0.39 is 11.7 Å². The van der Waals surface area contributed by atoms with E-state index in [-0.39, 0.29) is 11.4 Å². The van der Waals surface area contributed by atoms with Crippen molar-refractivity contribution in [3.63, 3.8) is 0 Å².